The number of fused-ring (bicyclic) bond motifs is 1. The van der Waals surface area contributed by atoms with Crippen LogP contribution in [0, 0.1) is 6.92 Å². The van der Waals surface area contributed by atoms with E-state index in [1.807, 2.05) is 25.1 Å². The number of nitrogens with one attached hydrogen (secondary N) is 2. The van der Waals surface area contributed by atoms with E-state index in [9.17, 15) is 14.4 Å². The first-order valence-corrected chi connectivity index (χ1v) is 7.98. The fraction of sp³-hybridized carbons (Fsp3) is 0.211. The molecule has 25 heavy (non-hydrogen) atoms. The second kappa shape index (κ2) is 7.17. The number of hydrogen-bond donors (Lipinski definition) is 2. The van der Waals surface area contributed by atoms with Crippen LogP contribution in [0.25, 0.3) is 0 Å². The van der Waals surface area contributed by atoms with Crippen LogP contribution in [-0.2, 0) is 9.59 Å². The SMILES string of the molecule is Cc1cccc(NC(=O)CCC(=O)c2ccc3c(c2)NC(=O)CO3)c1. The monoisotopic (exact) mass is 338 g/mol. The molecule has 2 aromatic rings. The number of aryl methyl sites for hydroxylation is 1. The predicted octanol–water partition coefficient (Wildman–Crippen LogP) is 2.93. The number of anilines is 2. The molecule has 2 N–H and O–H groups in total. The molecule has 0 unspecified atom stereocenters. The molecule has 0 saturated heterocycles. The summed E-state index contributed by atoms with van der Waals surface area (Å²) in [6, 6.07) is 12.3. The molecule has 1 heterocycles. The molecule has 6 heteroatoms. The van der Waals surface area contributed by atoms with E-state index < -0.39 is 0 Å². The Kier molecular flexibility index (Phi) is 4.79. The van der Waals surface area contributed by atoms with Crippen LogP contribution < -0.4 is 15.4 Å². The summed E-state index contributed by atoms with van der Waals surface area (Å²) in [5.41, 5.74) is 2.68. The van der Waals surface area contributed by atoms with Gasteiger partial charge in [-0.15, -0.1) is 0 Å². The molecule has 0 aromatic heterocycles. The maximum Gasteiger partial charge on any atom is 0.262 e. The van der Waals surface area contributed by atoms with E-state index in [0.29, 0.717) is 22.7 Å². The van der Waals surface area contributed by atoms with Gasteiger partial charge in [0.05, 0.1) is 5.69 Å². The highest BCUT2D eigenvalue weighted by Crippen LogP contribution is 2.29. The largest absolute Gasteiger partial charge is 0.482 e. The number of amides is 2. The second-order valence-corrected chi connectivity index (χ2v) is 5.89. The van der Waals surface area contributed by atoms with Crippen LogP contribution in [0.4, 0.5) is 11.4 Å². The van der Waals surface area contributed by atoms with Crippen molar-refractivity contribution in [2.45, 2.75) is 19.8 Å². The van der Waals surface area contributed by atoms with E-state index in [1.165, 1.54) is 0 Å². The Morgan fingerprint density at radius 2 is 2.00 bits per heavy atom. The highest BCUT2D eigenvalue weighted by atomic mass is 16.5. The average molecular weight is 338 g/mol. The third-order valence-corrected chi connectivity index (χ3v) is 3.82. The van der Waals surface area contributed by atoms with Gasteiger partial charge in [0, 0.05) is 24.1 Å². The molecule has 6 nitrogen and oxygen atoms in total. The van der Waals surface area contributed by atoms with Crippen molar-refractivity contribution in [3.8, 4) is 5.75 Å². The summed E-state index contributed by atoms with van der Waals surface area (Å²) in [6.45, 7) is 1.91. The van der Waals surface area contributed by atoms with Crippen LogP contribution in [-0.4, -0.2) is 24.2 Å². The Bertz CT molecular complexity index is 845. The summed E-state index contributed by atoms with van der Waals surface area (Å²) in [4.78, 5) is 35.6. The first-order chi connectivity index (χ1) is 12.0. The summed E-state index contributed by atoms with van der Waals surface area (Å²) >= 11 is 0. The van der Waals surface area contributed by atoms with Crippen LogP contribution in [0.2, 0.25) is 0 Å². The minimum absolute atomic E-state index is 0.0283. The Morgan fingerprint density at radius 1 is 1.16 bits per heavy atom. The fourth-order valence-corrected chi connectivity index (χ4v) is 2.57. The maximum atomic E-state index is 12.3. The molecular weight excluding hydrogens is 320 g/mol. The molecule has 1 aliphatic rings. The quantitative estimate of drug-likeness (QED) is 0.821. The number of ether oxygens (including phenoxy) is 1. The molecular formula is C19H18N2O4. The molecule has 0 fully saturated rings. The van der Waals surface area contributed by atoms with Crippen molar-refractivity contribution in [1.82, 2.24) is 0 Å². The molecule has 0 saturated carbocycles. The fourth-order valence-electron chi connectivity index (χ4n) is 2.57. The average Bonchev–Trinajstić information content (AvgIpc) is 2.59. The molecule has 2 amide bonds. The van der Waals surface area contributed by atoms with Gasteiger partial charge in [-0.25, -0.2) is 0 Å². The molecule has 3 rings (SSSR count). The van der Waals surface area contributed by atoms with Gasteiger partial charge in [-0.1, -0.05) is 12.1 Å². The molecule has 1 aliphatic heterocycles. The minimum atomic E-state index is -0.255. The van der Waals surface area contributed by atoms with Crippen molar-refractivity contribution >= 4 is 29.0 Å². The van der Waals surface area contributed by atoms with Gasteiger partial charge in [-0.05, 0) is 42.8 Å². The Morgan fingerprint density at radius 3 is 2.80 bits per heavy atom. The van der Waals surface area contributed by atoms with E-state index in [-0.39, 0.29) is 37.0 Å². The van der Waals surface area contributed by atoms with Gasteiger partial charge in [0.2, 0.25) is 5.91 Å². The van der Waals surface area contributed by atoms with Crippen molar-refractivity contribution in [3.63, 3.8) is 0 Å². The normalized spacial score (nSPS) is 12.6. The highest BCUT2D eigenvalue weighted by molar-refractivity contribution is 6.02. The van der Waals surface area contributed by atoms with Crippen molar-refractivity contribution < 1.29 is 19.1 Å². The first-order valence-electron chi connectivity index (χ1n) is 7.98. The van der Waals surface area contributed by atoms with Crippen LogP contribution in [0.3, 0.4) is 0 Å². The standard InChI is InChI=1S/C19H18N2O4/c1-12-3-2-4-14(9-12)20-18(23)8-6-16(22)13-5-7-17-15(10-13)21-19(24)11-25-17/h2-5,7,9-10H,6,8,11H2,1H3,(H,20,23)(H,21,24). The highest BCUT2D eigenvalue weighted by Gasteiger charge is 2.18. The van der Waals surface area contributed by atoms with E-state index in [0.717, 1.165) is 5.56 Å². The van der Waals surface area contributed by atoms with Crippen molar-refractivity contribution in [2.24, 2.45) is 0 Å². The van der Waals surface area contributed by atoms with E-state index in [4.69, 9.17) is 4.74 Å². The lowest BCUT2D eigenvalue weighted by molar-refractivity contribution is -0.118. The third kappa shape index (κ3) is 4.23. The zero-order valence-corrected chi connectivity index (χ0v) is 13.8. The summed E-state index contributed by atoms with van der Waals surface area (Å²) in [5.74, 6) is -0.0986. The zero-order valence-electron chi connectivity index (χ0n) is 13.8. The van der Waals surface area contributed by atoms with Gasteiger partial charge in [0.1, 0.15) is 5.75 Å². The lowest BCUT2D eigenvalue weighted by Gasteiger charge is -2.18. The lowest BCUT2D eigenvalue weighted by atomic mass is 10.0. The smallest absolute Gasteiger partial charge is 0.262 e. The summed E-state index contributed by atoms with van der Waals surface area (Å²) < 4.78 is 5.26. The molecule has 0 spiro atoms. The van der Waals surface area contributed by atoms with Crippen molar-refractivity contribution in [3.05, 3.63) is 53.6 Å². The Balaban J connectivity index is 1.58. The van der Waals surface area contributed by atoms with Gasteiger partial charge in [-0.3, -0.25) is 14.4 Å². The summed E-state index contributed by atoms with van der Waals surface area (Å²) in [6.07, 6.45) is 0.179. The lowest BCUT2D eigenvalue weighted by Crippen LogP contribution is -2.25. The molecule has 0 radical (unpaired) electrons. The molecule has 2 aromatic carbocycles. The number of hydrogen-bond acceptors (Lipinski definition) is 4. The van der Waals surface area contributed by atoms with Gasteiger partial charge < -0.3 is 15.4 Å². The maximum absolute atomic E-state index is 12.3. The number of carbonyl (C=O) groups is 3. The number of Topliss-reactive ketones (excluding diaryl/α,β-unsaturated/α-hetero) is 1. The zero-order chi connectivity index (χ0) is 17.8. The Labute approximate surface area is 145 Å². The molecule has 0 atom stereocenters. The second-order valence-electron chi connectivity index (χ2n) is 5.89. The van der Waals surface area contributed by atoms with E-state index in [2.05, 4.69) is 10.6 Å². The number of carbonyl (C=O) groups excluding carboxylic acids is 3. The summed E-state index contributed by atoms with van der Waals surface area (Å²) in [5, 5.41) is 5.44. The Hall–Kier alpha value is -3.15. The first kappa shape index (κ1) is 16.7. The molecule has 0 bridgehead atoms. The van der Waals surface area contributed by atoms with Crippen molar-refractivity contribution in [1.29, 1.82) is 0 Å². The van der Waals surface area contributed by atoms with Gasteiger partial charge >= 0.3 is 0 Å². The van der Waals surface area contributed by atoms with Crippen LogP contribution in [0.1, 0.15) is 28.8 Å². The van der Waals surface area contributed by atoms with Crippen LogP contribution in [0.15, 0.2) is 42.5 Å². The molecule has 0 aliphatic carbocycles. The third-order valence-electron chi connectivity index (χ3n) is 3.82. The topological polar surface area (TPSA) is 84.5 Å². The molecule has 128 valence electrons. The van der Waals surface area contributed by atoms with Crippen LogP contribution >= 0.6 is 0 Å². The van der Waals surface area contributed by atoms with E-state index >= 15 is 0 Å². The van der Waals surface area contributed by atoms with Crippen LogP contribution in [0.5, 0.6) is 5.75 Å². The van der Waals surface area contributed by atoms with Gasteiger partial charge in [-0.2, -0.15) is 0 Å². The van der Waals surface area contributed by atoms with Gasteiger partial charge in [0.25, 0.3) is 5.91 Å². The predicted molar refractivity (Wildman–Crippen MR) is 93.9 cm³/mol. The number of benzene rings is 2. The summed E-state index contributed by atoms with van der Waals surface area (Å²) in [7, 11) is 0. The number of ketones is 1. The number of rotatable bonds is 5. The van der Waals surface area contributed by atoms with Gasteiger partial charge in [0.15, 0.2) is 12.4 Å². The van der Waals surface area contributed by atoms with Crippen molar-refractivity contribution in [2.75, 3.05) is 17.2 Å². The minimum Gasteiger partial charge on any atom is -0.482 e. The van der Waals surface area contributed by atoms with E-state index in [1.54, 1.807) is 24.3 Å².